The Morgan fingerprint density at radius 1 is 1.15 bits per heavy atom. The van der Waals surface area contributed by atoms with Crippen molar-refractivity contribution in [2.45, 2.75) is 26.8 Å². The second kappa shape index (κ2) is 9.29. The lowest BCUT2D eigenvalue weighted by Gasteiger charge is -2.24. The molecule has 0 bridgehead atoms. The number of nitrogens with zero attached hydrogens (tertiary/aromatic N) is 2. The zero-order valence-corrected chi connectivity index (χ0v) is 20.2. The summed E-state index contributed by atoms with van der Waals surface area (Å²) in [5, 5.41) is 1.98. The number of esters is 2. The van der Waals surface area contributed by atoms with Crippen LogP contribution in [0.1, 0.15) is 46.3 Å². The van der Waals surface area contributed by atoms with Crippen molar-refractivity contribution in [3.63, 3.8) is 0 Å². The summed E-state index contributed by atoms with van der Waals surface area (Å²) in [6, 6.07) is 7.94. The summed E-state index contributed by atoms with van der Waals surface area (Å²) >= 11 is 2.84. The number of benzene rings is 1. The first-order valence-corrected chi connectivity index (χ1v) is 12.0. The van der Waals surface area contributed by atoms with Crippen molar-refractivity contribution in [3.8, 4) is 0 Å². The monoisotopic (exact) mass is 482 g/mol. The lowest BCUT2D eigenvalue weighted by molar-refractivity contribution is -0.139. The van der Waals surface area contributed by atoms with E-state index in [0.29, 0.717) is 31.7 Å². The predicted molar refractivity (Wildman–Crippen MR) is 127 cm³/mol. The number of rotatable bonds is 5. The van der Waals surface area contributed by atoms with Gasteiger partial charge in [0.1, 0.15) is 0 Å². The van der Waals surface area contributed by atoms with Gasteiger partial charge in [0.2, 0.25) is 0 Å². The van der Waals surface area contributed by atoms with Gasteiger partial charge >= 0.3 is 11.9 Å². The van der Waals surface area contributed by atoms with E-state index in [1.54, 1.807) is 49.4 Å². The Labute approximate surface area is 197 Å². The van der Waals surface area contributed by atoms with Gasteiger partial charge in [-0.15, -0.1) is 11.3 Å². The van der Waals surface area contributed by atoms with Crippen molar-refractivity contribution in [1.29, 1.82) is 0 Å². The number of hydrogen-bond donors (Lipinski definition) is 0. The number of thiophene rings is 1. The number of hydrogen-bond acceptors (Lipinski definition) is 8. The lowest BCUT2D eigenvalue weighted by atomic mass is 9.95. The quantitative estimate of drug-likeness (QED) is 0.522. The Kier molecular flexibility index (Phi) is 6.44. The number of aromatic nitrogens is 1. The van der Waals surface area contributed by atoms with E-state index in [4.69, 9.17) is 9.47 Å². The maximum absolute atomic E-state index is 13.5. The van der Waals surface area contributed by atoms with Gasteiger partial charge < -0.3 is 9.47 Å². The van der Waals surface area contributed by atoms with Crippen LogP contribution in [0.5, 0.6) is 0 Å². The van der Waals surface area contributed by atoms with E-state index >= 15 is 0 Å². The highest BCUT2D eigenvalue weighted by atomic mass is 32.1. The smallest absolute Gasteiger partial charge is 0.338 e. The fraction of sp³-hybridized carbons (Fsp3) is 0.250. The van der Waals surface area contributed by atoms with Gasteiger partial charge in [-0.25, -0.2) is 14.6 Å². The van der Waals surface area contributed by atoms with E-state index in [9.17, 15) is 14.4 Å². The molecule has 0 radical (unpaired) electrons. The van der Waals surface area contributed by atoms with Gasteiger partial charge in [0.25, 0.3) is 5.56 Å². The summed E-state index contributed by atoms with van der Waals surface area (Å²) in [5.41, 5.74) is 2.69. The first kappa shape index (κ1) is 22.9. The van der Waals surface area contributed by atoms with Gasteiger partial charge in [0.15, 0.2) is 4.80 Å². The number of fused-ring (bicyclic) bond motifs is 1. The minimum Gasteiger partial charge on any atom is -0.465 e. The molecule has 3 aromatic rings. The van der Waals surface area contributed by atoms with E-state index in [1.807, 2.05) is 24.4 Å². The molecule has 4 rings (SSSR count). The molecule has 1 unspecified atom stereocenters. The summed E-state index contributed by atoms with van der Waals surface area (Å²) < 4.78 is 12.1. The average Bonchev–Trinajstić information content (AvgIpc) is 3.35. The molecular weight excluding hydrogens is 460 g/mol. The molecule has 9 heteroatoms. The predicted octanol–water partition coefficient (Wildman–Crippen LogP) is 2.95. The maximum Gasteiger partial charge on any atom is 0.338 e. The van der Waals surface area contributed by atoms with Crippen molar-refractivity contribution in [1.82, 2.24) is 4.57 Å². The summed E-state index contributed by atoms with van der Waals surface area (Å²) in [7, 11) is 1.31. The molecule has 33 heavy (non-hydrogen) atoms. The van der Waals surface area contributed by atoms with E-state index in [-0.39, 0.29) is 12.2 Å². The second-order valence-electron chi connectivity index (χ2n) is 7.38. The summed E-state index contributed by atoms with van der Waals surface area (Å²) in [6.45, 7) is 5.66. The molecule has 0 amide bonds. The molecule has 0 spiro atoms. The third kappa shape index (κ3) is 4.21. The van der Waals surface area contributed by atoms with Crippen LogP contribution in [0, 0.1) is 6.92 Å². The number of thiazole rings is 1. The molecule has 170 valence electrons. The first-order chi connectivity index (χ1) is 15.8. The average molecular weight is 483 g/mol. The van der Waals surface area contributed by atoms with Crippen molar-refractivity contribution in [2.24, 2.45) is 4.99 Å². The van der Waals surface area contributed by atoms with Gasteiger partial charge in [-0.2, -0.15) is 0 Å². The fourth-order valence-electron chi connectivity index (χ4n) is 3.68. The topological polar surface area (TPSA) is 87.0 Å². The number of carbonyl (C=O) groups excluding carboxylic acids is 2. The number of allylic oxidation sites excluding steroid dienone is 1. The molecule has 1 aliphatic heterocycles. The minimum absolute atomic E-state index is 0.200. The summed E-state index contributed by atoms with van der Waals surface area (Å²) in [6.07, 6.45) is 1.87. The van der Waals surface area contributed by atoms with Crippen molar-refractivity contribution >= 4 is 40.7 Å². The molecule has 0 aliphatic carbocycles. The van der Waals surface area contributed by atoms with Gasteiger partial charge in [-0.05, 0) is 61.6 Å². The van der Waals surface area contributed by atoms with Crippen LogP contribution in [0.3, 0.4) is 0 Å². The van der Waals surface area contributed by atoms with Gasteiger partial charge in [-0.1, -0.05) is 23.5 Å². The highest BCUT2D eigenvalue weighted by Gasteiger charge is 2.33. The van der Waals surface area contributed by atoms with Gasteiger partial charge in [0.05, 0.1) is 41.1 Å². The standard InChI is InChI=1S/C24H22N2O5S2/c1-5-31-23(29)19-14(3)25-24-26(20(19)15-6-8-16(9-7-15)22(28)30-4)21(27)18(33-24)12-17-13(2)10-11-32-17/h6-12,20H,5H2,1-4H3. The lowest BCUT2D eigenvalue weighted by Crippen LogP contribution is -2.39. The Bertz CT molecular complexity index is 1440. The van der Waals surface area contributed by atoms with E-state index < -0.39 is 18.0 Å². The molecule has 3 heterocycles. The number of aryl methyl sites for hydroxylation is 1. The largest absolute Gasteiger partial charge is 0.465 e. The zero-order valence-electron chi connectivity index (χ0n) is 18.6. The van der Waals surface area contributed by atoms with Crippen molar-refractivity contribution < 1.29 is 19.1 Å². The molecule has 1 aliphatic rings. The molecule has 2 aromatic heterocycles. The van der Waals surface area contributed by atoms with Gasteiger partial charge in [-0.3, -0.25) is 9.36 Å². The Balaban J connectivity index is 1.93. The first-order valence-electron chi connectivity index (χ1n) is 10.3. The SMILES string of the molecule is CCOC(=O)C1=C(C)N=c2sc(=Cc3sccc3C)c(=O)n2C1c1ccc(C(=O)OC)cc1. The Morgan fingerprint density at radius 3 is 2.48 bits per heavy atom. The van der Waals surface area contributed by atoms with Crippen molar-refractivity contribution in [3.05, 3.63) is 88.2 Å². The summed E-state index contributed by atoms with van der Waals surface area (Å²) in [4.78, 5) is 44.4. The fourth-order valence-corrected chi connectivity index (χ4v) is 5.64. The molecule has 0 saturated carbocycles. The minimum atomic E-state index is -0.724. The van der Waals surface area contributed by atoms with E-state index in [2.05, 4.69) is 4.99 Å². The number of ether oxygens (including phenoxy) is 2. The highest BCUT2D eigenvalue weighted by molar-refractivity contribution is 7.11. The van der Waals surface area contributed by atoms with Crippen LogP contribution in [-0.4, -0.2) is 30.2 Å². The maximum atomic E-state index is 13.5. The molecule has 1 aromatic carbocycles. The number of methoxy groups -OCH3 is 1. The van der Waals surface area contributed by atoms with Gasteiger partial charge in [0, 0.05) is 4.88 Å². The second-order valence-corrected chi connectivity index (χ2v) is 9.34. The van der Waals surface area contributed by atoms with E-state index in [1.165, 1.54) is 23.0 Å². The third-order valence-corrected chi connectivity index (χ3v) is 7.28. The number of carbonyl (C=O) groups is 2. The van der Waals surface area contributed by atoms with Crippen LogP contribution < -0.4 is 14.9 Å². The Morgan fingerprint density at radius 2 is 1.88 bits per heavy atom. The van der Waals surface area contributed by atoms with Crippen LogP contribution in [0.4, 0.5) is 0 Å². The molecule has 0 N–H and O–H groups in total. The van der Waals surface area contributed by atoms with Crippen molar-refractivity contribution in [2.75, 3.05) is 13.7 Å². The van der Waals surface area contributed by atoms with Crippen LogP contribution in [0.25, 0.3) is 6.08 Å². The Hall–Kier alpha value is -3.30. The molecule has 0 fully saturated rings. The zero-order chi connectivity index (χ0) is 23.7. The molecule has 1 atom stereocenters. The highest BCUT2D eigenvalue weighted by Crippen LogP contribution is 2.31. The summed E-state index contributed by atoms with van der Waals surface area (Å²) in [5.74, 6) is -0.988. The third-order valence-electron chi connectivity index (χ3n) is 5.33. The molecule has 7 nitrogen and oxygen atoms in total. The van der Waals surface area contributed by atoms with Crippen LogP contribution in [-0.2, 0) is 14.3 Å². The van der Waals surface area contributed by atoms with Crippen LogP contribution >= 0.6 is 22.7 Å². The van der Waals surface area contributed by atoms with Crippen LogP contribution in [0.2, 0.25) is 0 Å². The molecular formula is C24H22N2O5S2. The van der Waals surface area contributed by atoms with E-state index in [0.717, 1.165) is 10.4 Å². The van der Waals surface area contributed by atoms with Crippen LogP contribution in [0.15, 0.2) is 56.8 Å². The molecule has 0 saturated heterocycles. The normalized spacial score (nSPS) is 15.8.